The molecule has 1 aromatic carbocycles. The quantitative estimate of drug-likeness (QED) is 0.642. The second-order valence-corrected chi connectivity index (χ2v) is 3.88. The van der Waals surface area contributed by atoms with Crippen LogP contribution >= 0.6 is 0 Å². The van der Waals surface area contributed by atoms with Crippen LogP contribution in [-0.4, -0.2) is 23.1 Å². The largest absolute Gasteiger partial charge is 0.478 e. The monoisotopic (exact) mass is 248 g/mol. The first-order valence-electron chi connectivity index (χ1n) is 5.75. The van der Waals surface area contributed by atoms with Crippen LogP contribution in [0.2, 0.25) is 0 Å². The number of hydrogen-bond acceptors (Lipinski definition) is 3. The van der Waals surface area contributed by atoms with E-state index in [0.29, 0.717) is 12.0 Å². The van der Waals surface area contributed by atoms with E-state index in [1.54, 1.807) is 37.3 Å². The van der Waals surface area contributed by atoms with Crippen LogP contribution in [0.1, 0.15) is 25.8 Å². The second-order valence-electron chi connectivity index (χ2n) is 3.88. The summed E-state index contributed by atoms with van der Waals surface area (Å²) in [7, 11) is 0. The van der Waals surface area contributed by atoms with Gasteiger partial charge in [-0.3, -0.25) is 0 Å². The van der Waals surface area contributed by atoms with E-state index < -0.39 is 11.9 Å². The fraction of sp³-hybridized carbons (Fsp3) is 0.286. The van der Waals surface area contributed by atoms with Crippen LogP contribution in [0.15, 0.2) is 36.4 Å². The zero-order valence-electron chi connectivity index (χ0n) is 10.4. The molecule has 0 bridgehead atoms. The van der Waals surface area contributed by atoms with Crippen molar-refractivity contribution < 1.29 is 19.4 Å². The first kappa shape index (κ1) is 14.0. The van der Waals surface area contributed by atoms with Gasteiger partial charge in [0.2, 0.25) is 0 Å². The molecule has 0 saturated carbocycles. The van der Waals surface area contributed by atoms with Crippen molar-refractivity contribution in [2.45, 2.75) is 26.4 Å². The highest BCUT2D eigenvalue weighted by molar-refractivity contribution is 6.19. The Labute approximate surface area is 106 Å². The molecule has 0 aliphatic carbocycles. The highest BCUT2D eigenvalue weighted by atomic mass is 16.5. The van der Waals surface area contributed by atoms with Crippen molar-refractivity contribution in [1.29, 1.82) is 0 Å². The van der Waals surface area contributed by atoms with Gasteiger partial charge in [-0.05, 0) is 18.9 Å². The molecule has 1 rings (SSSR count). The average Bonchev–Trinajstić information content (AvgIpc) is 2.36. The Balaban J connectivity index is 2.93. The van der Waals surface area contributed by atoms with Gasteiger partial charge in [-0.15, -0.1) is 0 Å². The van der Waals surface area contributed by atoms with Gasteiger partial charge in [0, 0.05) is 6.08 Å². The Morgan fingerprint density at radius 3 is 2.44 bits per heavy atom. The van der Waals surface area contributed by atoms with Gasteiger partial charge in [0.25, 0.3) is 0 Å². The molecule has 0 aliphatic rings. The molecule has 1 N–H and O–H groups in total. The van der Waals surface area contributed by atoms with Crippen LogP contribution in [0.5, 0.6) is 0 Å². The van der Waals surface area contributed by atoms with Crippen molar-refractivity contribution in [1.82, 2.24) is 0 Å². The van der Waals surface area contributed by atoms with Gasteiger partial charge >= 0.3 is 11.9 Å². The molecular formula is C14H16O4. The Bertz CT molecular complexity index is 448. The number of carboxylic acids is 1. The van der Waals surface area contributed by atoms with Gasteiger partial charge in [-0.25, -0.2) is 9.59 Å². The fourth-order valence-corrected chi connectivity index (χ4v) is 1.32. The minimum absolute atomic E-state index is 0.0658. The third-order valence-corrected chi connectivity index (χ3v) is 2.47. The van der Waals surface area contributed by atoms with E-state index in [1.807, 2.05) is 6.92 Å². The fourth-order valence-electron chi connectivity index (χ4n) is 1.32. The molecule has 0 saturated heterocycles. The van der Waals surface area contributed by atoms with E-state index in [4.69, 9.17) is 9.84 Å². The zero-order valence-corrected chi connectivity index (χ0v) is 10.4. The summed E-state index contributed by atoms with van der Waals surface area (Å²) in [5.41, 5.74) is 0.412. The molecule has 0 aromatic heterocycles. The number of aliphatic carboxylic acids is 1. The topological polar surface area (TPSA) is 63.6 Å². The molecule has 0 radical (unpaired) electrons. The summed E-state index contributed by atoms with van der Waals surface area (Å²) in [6.07, 6.45) is 1.48. The van der Waals surface area contributed by atoms with Crippen LogP contribution in [0, 0.1) is 0 Å². The molecule has 0 fully saturated rings. The smallest absolute Gasteiger partial charge is 0.336 e. The highest BCUT2D eigenvalue weighted by Crippen LogP contribution is 2.14. The first-order valence-corrected chi connectivity index (χ1v) is 5.75. The van der Waals surface area contributed by atoms with Gasteiger partial charge in [-0.1, -0.05) is 37.3 Å². The lowest BCUT2D eigenvalue weighted by Gasteiger charge is -2.09. The van der Waals surface area contributed by atoms with Gasteiger partial charge in [0.15, 0.2) is 0 Å². The molecule has 0 heterocycles. The van der Waals surface area contributed by atoms with E-state index >= 15 is 0 Å². The second kappa shape index (κ2) is 6.59. The standard InChI is InChI=1S/C14H16O4/c1-3-10(2)18-13(15)9-12(14(16)17)11-7-5-4-6-8-11/h4-10H,3H2,1-2H3,(H,16,17)/b12-9-. The maximum absolute atomic E-state index is 11.5. The van der Waals surface area contributed by atoms with Crippen molar-refractivity contribution in [3.63, 3.8) is 0 Å². The van der Waals surface area contributed by atoms with Crippen molar-refractivity contribution in [2.24, 2.45) is 0 Å². The number of benzene rings is 1. The third kappa shape index (κ3) is 4.05. The number of ether oxygens (including phenoxy) is 1. The minimum Gasteiger partial charge on any atom is -0.478 e. The summed E-state index contributed by atoms with van der Waals surface area (Å²) in [5, 5.41) is 9.09. The predicted octanol–water partition coefficient (Wildman–Crippen LogP) is 2.50. The van der Waals surface area contributed by atoms with Crippen LogP contribution in [0.25, 0.3) is 5.57 Å². The van der Waals surface area contributed by atoms with Crippen LogP contribution in [0.3, 0.4) is 0 Å². The highest BCUT2D eigenvalue weighted by Gasteiger charge is 2.14. The number of carbonyl (C=O) groups excluding carboxylic acids is 1. The molecule has 0 spiro atoms. The van der Waals surface area contributed by atoms with Crippen molar-refractivity contribution in [3.05, 3.63) is 42.0 Å². The Morgan fingerprint density at radius 1 is 1.33 bits per heavy atom. The van der Waals surface area contributed by atoms with E-state index in [-0.39, 0.29) is 11.7 Å². The number of hydrogen-bond donors (Lipinski definition) is 1. The van der Waals surface area contributed by atoms with Crippen molar-refractivity contribution in [2.75, 3.05) is 0 Å². The van der Waals surface area contributed by atoms with Crippen LogP contribution < -0.4 is 0 Å². The lowest BCUT2D eigenvalue weighted by Crippen LogP contribution is -2.13. The first-order chi connectivity index (χ1) is 8.54. The van der Waals surface area contributed by atoms with Crippen molar-refractivity contribution in [3.8, 4) is 0 Å². The predicted molar refractivity (Wildman–Crippen MR) is 67.9 cm³/mol. The molecule has 4 nitrogen and oxygen atoms in total. The van der Waals surface area contributed by atoms with Gasteiger partial charge < -0.3 is 9.84 Å². The summed E-state index contributed by atoms with van der Waals surface area (Å²) in [6, 6.07) is 8.48. The lowest BCUT2D eigenvalue weighted by atomic mass is 10.1. The Morgan fingerprint density at radius 2 is 1.94 bits per heavy atom. The molecule has 4 heteroatoms. The molecular weight excluding hydrogens is 232 g/mol. The zero-order chi connectivity index (χ0) is 13.5. The number of esters is 1. The summed E-state index contributed by atoms with van der Waals surface area (Å²) < 4.78 is 5.02. The number of carboxylic acid groups (broad SMARTS) is 1. The summed E-state index contributed by atoms with van der Waals surface area (Å²) in [5.74, 6) is -1.78. The normalized spacial score (nSPS) is 12.9. The summed E-state index contributed by atoms with van der Waals surface area (Å²) in [4.78, 5) is 22.7. The van der Waals surface area contributed by atoms with Crippen molar-refractivity contribution >= 4 is 17.5 Å². The molecule has 18 heavy (non-hydrogen) atoms. The van der Waals surface area contributed by atoms with E-state index in [0.717, 1.165) is 6.08 Å². The van der Waals surface area contributed by atoms with Gasteiger partial charge in [0.1, 0.15) is 0 Å². The number of carbonyl (C=O) groups is 2. The SMILES string of the molecule is CCC(C)OC(=O)/C=C(\C(=O)O)c1ccccc1. The molecule has 1 aromatic rings. The molecule has 96 valence electrons. The maximum Gasteiger partial charge on any atom is 0.336 e. The van der Waals surface area contributed by atoms with Gasteiger partial charge in [0.05, 0.1) is 11.7 Å². The minimum atomic E-state index is -1.15. The maximum atomic E-state index is 11.5. The van der Waals surface area contributed by atoms with Crippen LogP contribution in [0.4, 0.5) is 0 Å². The third-order valence-electron chi connectivity index (χ3n) is 2.47. The molecule has 0 aliphatic heterocycles. The molecule has 1 atom stereocenters. The van der Waals surface area contributed by atoms with Gasteiger partial charge in [-0.2, -0.15) is 0 Å². The molecule has 0 amide bonds. The van der Waals surface area contributed by atoms with Crippen LogP contribution in [-0.2, 0) is 14.3 Å². The van der Waals surface area contributed by atoms with E-state index in [2.05, 4.69) is 0 Å². The Hall–Kier alpha value is -2.10. The Kier molecular flexibility index (Phi) is 5.11. The van der Waals surface area contributed by atoms with E-state index in [9.17, 15) is 9.59 Å². The lowest BCUT2D eigenvalue weighted by molar-refractivity contribution is -0.142. The number of rotatable bonds is 5. The molecule has 1 unspecified atom stereocenters. The van der Waals surface area contributed by atoms with E-state index in [1.165, 1.54) is 0 Å². The average molecular weight is 248 g/mol. The summed E-state index contributed by atoms with van der Waals surface area (Å²) in [6.45, 7) is 3.64. The summed E-state index contributed by atoms with van der Waals surface area (Å²) >= 11 is 0.